The average molecular weight is 349 g/mol. The lowest BCUT2D eigenvalue weighted by Gasteiger charge is -2.26. The van der Waals surface area contributed by atoms with Crippen molar-refractivity contribution >= 4 is 27.7 Å². The van der Waals surface area contributed by atoms with Crippen molar-refractivity contribution in [1.29, 1.82) is 0 Å². The first kappa shape index (κ1) is 15.6. The Labute approximate surface area is 142 Å². The van der Waals surface area contributed by atoms with Crippen LogP contribution in [0.5, 0.6) is 0 Å². The second-order valence-electron chi connectivity index (χ2n) is 6.65. The SMILES string of the molecule is Cc1cc2c(CCNC(=O)N3C[C@@H]4C[C@H]3CS4=O)c[nH]c2cc1F. The molecule has 0 saturated carbocycles. The molecular formula is C17H20FN3O2S. The molecule has 24 heavy (non-hydrogen) atoms. The van der Waals surface area contributed by atoms with E-state index in [0.717, 1.165) is 22.9 Å². The number of nitrogens with zero attached hydrogens (tertiary/aromatic N) is 1. The van der Waals surface area contributed by atoms with Gasteiger partial charge in [0.1, 0.15) is 5.82 Å². The van der Waals surface area contributed by atoms with Crippen LogP contribution in [0.15, 0.2) is 18.3 Å². The molecule has 128 valence electrons. The number of halogens is 1. The number of nitrogens with one attached hydrogen (secondary N) is 2. The van der Waals surface area contributed by atoms with E-state index >= 15 is 0 Å². The highest BCUT2D eigenvalue weighted by Crippen LogP contribution is 2.30. The summed E-state index contributed by atoms with van der Waals surface area (Å²) in [6.45, 7) is 2.88. The van der Waals surface area contributed by atoms with Crippen LogP contribution in [0.25, 0.3) is 10.9 Å². The fraction of sp³-hybridized carbons (Fsp3) is 0.471. The van der Waals surface area contributed by atoms with Crippen LogP contribution in [0.2, 0.25) is 0 Å². The number of aryl methyl sites for hydroxylation is 1. The van der Waals surface area contributed by atoms with E-state index in [0.29, 0.717) is 30.8 Å². The van der Waals surface area contributed by atoms with Gasteiger partial charge >= 0.3 is 6.03 Å². The number of fused-ring (bicyclic) bond motifs is 3. The summed E-state index contributed by atoms with van der Waals surface area (Å²) in [5, 5.41) is 4.11. The van der Waals surface area contributed by atoms with Crippen LogP contribution in [-0.2, 0) is 17.2 Å². The highest BCUT2D eigenvalue weighted by Gasteiger charge is 2.45. The van der Waals surface area contributed by atoms with Crippen molar-refractivity contribution in [2.75, 3.05) is 18.8 Å². The predicted molar refractivity (Wildman–Crippen MR) is 92.0 cm³/mol. The van der Waals surface area contributed by atoms with Crippen LogP contribution in [-0.4, -0.2) is 50.3 Å². The van der Waals surface area contributed by atoms with Crippen LogP contribution < -0.4 is 5.32 Å². The van der Waals surface area contributed by atoms with Crippen molar-refractivity contribution in [3.63, 3.8) is 0 Å². The third-order valence-electron chi connectivity index (χ3n) is 5.08. The average Bonchev–Trinajstić information content (AvgIpc) is 3.22. The number of carbonyl (C=O) groups is 1. The molecule has 0 spiro atoms. The van der Waals surface area contributed by atoms with Gasteiger partial charge in [-0.25, -0.2) is 9.18 Å². The maximum absolute atomic E-state index is 13.6. The third-order valence-corrected chi connectivity index (χ3v) is 6.88. The second kappa shape index (κ2) is 5.88. The fourth-order valence-electron chi connectivity index (χ4n) is 3.72. The van der Waals surface area contributed by atoms with Gasteiger partial charge in [-0.1, -0.05) is 0 Å². The van der Waals surface area contributed by atoms with Crippen LogP contribution in [0.3, 0.4) is 0 Å². The van der Waals surface area contributed by atoms with E-state index in [1.54, 1.807) is 6.92 Å². The van der Waals surface area contributed by atoms with Crippen LogP contribution in [0, 0.1) is 12.7 Å². The van der Waals surface area contributed by atoms with Crippen molar-refractivity contribution in [3.05, 3.63) is 35.3 Å². The summed E-state index contributed by atoms with van der Waals surface area (Å²) in [4.78, 5) is 17.2. The Balaban J connectivity index is 1.37. The summed E-state index contributed by atoms with van der Waals surface area (Å²) in [5.74, 6) is 0.399. The maximum Gasteiger partial charge on any atom is 0.317 e. The molecule has 1 aromatic heterocycles. The number of carbonyl (C=O) groups excluding carboxylic acids is 1. The van der Waals surface area contributed by atoms with Gasteiger partial charge in [0.15, 0.2) is 0 Å². The van der Waals surface area contributed by atoms with Crippen molar-refractivity contribution in [2.24, 2.45) is 0 Å². The molecule has 2 N–H and O–H groups in total. The first-order valence-electron chi connectivity index (χ1n) is 8.20. The first-order chi connectivity index (χ1) is 11.5. The molecule has 0 aliphatic carbocycles. The maximum atomic E-state index is 13.6. The van der Waals surface area contributed by atoms with Gasteiger partial charge in [-0.2, -0.15) is 0 Å². The van der Waals surface area contributed by atoms with E-state index in [2.05, 4.69) is 10.3 Å². The molecule has 2 fully saturated rings. The Morgan fingerprint density at radius 2 is 2.33 bits per heavy atom. The van der Waals surface area contributed by atoms with E-state index in [9.17, 15) is 13.4 Å². The number of likely N-dealkylation sites (tertiary alicyclic amines) is 1. The molecular weight excluding hydrogens is 329 g/mol. The van der Waals surface area contributed by atoms with E-state index < -0.39 is 10.8 Å². The van der Waals surface area contributed by atoms with Crippen molar-refractivity contribution < 1.29 is 13.4 Å². The Hall–Kier alpha value is -1.89. The molecule has 2 amide bonds. The Kier molecular flexibility index (Phi) is 3.83. The molecule has 2 aliphatic heterocycles. The molecule has 2 aromatic rings. The molecule has 1 unspecified atom stereocenters. The third kappa shape index (κ3) is 2.60. The Morgan fingerprint density at radius 3 is 3.04 bits per heavy atom. The lowest BCUT2D eigenvalue weighted by atomic mass is 10.1. The minimum atomic E-state index is -0.755. The predicted octanol–water partition coefficient (Wildman–Crippen LogP) is 2.07. The number of aromatic amines is 1. The second-order valence-corrected chi connectivity index (χ2v) is 8.42. The van der Waals surface area contributed by atoms with Crippen molar-refractivity contribution in [1.82, 2.24) is 15.2 Å². The minimum absolute atomic E-state index is 0.0683. The van der Waals surface area contributed by atoms with Gasteiger partial charge in [0, 0.05) is 52.8 Å². The van der Waals surface area contributed by atoms with E-state index in [-0.39, 0.29) is 23.1 Å². The van der Waals surface area contributed by atoms with Gasteiger partial charge < -0.3 is 15.2 Å². The Morgan fingerprint density at radius 1 is 1.50 bits per heavy atom. The largest absolute Gasteiger partial charge is 0.361 e. The summed E-state index contributed by atoms with van der Waals surface area (Å²) in [6.07, 6.45) is 3.43. The lowest BCUT2D eigenvalue weighted by molar-refractivity contribution is 0.196. The fourth-order valence-corrected chi connectivity index (χ4v) is 5.45. The highest BCUT2D eigenvalue weighted by molar-refractivity contribution is 7.86. The summed E-state index contributed by atoms with van der Waals surface area (Å²) in [6, 6.07) is 3.41. The molecule has 4 rings (SSSR count). The van der Waals surface area contributed by atoms with Gasteiger partial charge in [0.25, 0.3) is 0 Å². The summed E-state index contributed by atoms with van der Waals surface area (Å²) < 4.78 is 25.3. The Bertz CT molecular complexity index is 835. The van der Waals surface area contributed by atoms with Gasteiger partial charge in [-0.15, -0.1) is 0 Å². The zero-order valence-corrected chi connectivity index (χ0v) is 14.3. The number of hydrogen-bond donors (Lipinski definition) is 2. The summed E-state index contributed by atoms with van der Waals surface area (Å²) in [5.41, 5.74) is 2.46. The molecule has 3 atom stereocenters. The summed E-state index contributed by atoms with van der Waals surface area (Å²) in [7, 11) is -0.755. The number of H-pyrrole nitrogens is 1. The standard InChI is InChI=1S/C17H20FN3O2S/c1-10-4-14-11(7-20-16(14)6-15(10)18)2-3-19-17(22)21-8-13-5-12(21)9-24(13)23/h4,6-7,12-13,20H,2-3,5,8-9H2,1H3,(H,19,22)/t12-,13-,24?/m0/s1. The zero-order chi connectivity index (χ0) is 16.8. The number of rotatable bonds is 3. The van der Waals surface area contributed by atoms with Gasteiger partial charge in [0.2, 0.25) is 0 Å². The minimum Gasteiger partial charge on any atom is -0.361 e. The quantitative estimate of drug-likeness (QED) is 0.891. The summed E-state index contributed by atoms with van der Waals surface area (Å²) >= 11 is 0. The van der Waals surface area contributed by atoms with Crippen LogP contribution >= 0.6 is 0 Å². The molecule has 0 radical (unpaired) electrons. The molecule has 2 bridgehead atoms. The topological polar surface area (TPSA) is 65.2 Å². The monoisotopic (exact) mass is 349 g/mol. The smallest absolute Gasteiger partial charge is 0.317 e. The van der Waals surface area contributed by atoms with Crippen LogP contribution in [0.4, 0.5) is 9.18 Å². The molecule has 5 nitrogen and oxygen atoms in total. The lowest BCUT2D eigenvalue weighted by Crippen LogP contribution is -2.47. The zero-order valence-electron chi connectivity index (χ0n) is 13.5. The number of benzene rings is 1. The van der Waals surface area contributed by atoms with Crippen LogP contribution in [0.1, 0.15) is 17.5 Å². The van der Waals surface area contributed by atoms with Gasteiger partial charge in [-0.3, -0.25) is 4.21 Å². The normalized spacial score (nSPS) is 25.6. The van der Waals surface area contributed by atoms with E-state index in [1.165, 1.54) is 6.07 Å². The van der Waals surface area contributed by atoms with Crippen molar-refractivity contribution in [2.45, 2.75) is 31.1 Å². The van der Waals surface area contributed by atoms with E-state index in [1.807, 2.05) is 17.2 Å². The number of amides is 2. The first-order valence-corrected chi connectivity index (χ1v) is 9.59. The molecule has 3 heterocycles. The molecule has 2 aliphatic rings. The van der Waals surface area contributed by atoms with Gasteiger partial charge in [0.05, 0.1) is 5.25 Å². The van der Waals surface area contributed by atoms with Gasteiger partial charge in [-0.05, 0) is 43.0 Å². The van der Waals surface area contributed by atoms with Crippen molar-refractivity contribution in [3.8, 4) is 0 Å². The number of hydrogen-bond acceptors (Lipinski definition) is 2. The van der Waals surface area contributed by atoms with E-state index in [4.69, 9.17) is 0 Å². The highest BCUT2D eigenvalue weighted by atomic mass is 32.2. The molecule has 2 saturated heterocycles. The molecule has 1 aromatic carbocycles. The number of urea groups is 1. The molecule has 7 heteroatoms. The number of aromatic nitrogens is 1.